The molecule has 1 aliphatic rings. The van der Waals surface area contributed by atoms with Crippen molar-refractivity contribution in [2.24, 2.45) is 0 Å². The average molecular weight is 381 g/mol. The van der Waals surface area contributed by atoms with Gasteiger partial charge in [0.05, 0.1) is 18.1 Å². The van der Waals surface area contributed by atoms with Crippen molar-refractivity contribution in [3.8, 4) is 0 Å². The van der Waals surface area contributed by atoms with Gasteiger partial charge >= 0.3 is 6.16 Å². The van der Waals surface area contributed by atoms with Crippen LogP contribution in [0.5, 0.6) is 0 Å². The van der Waals surface area contributed by atoms with Gasteiger partial charge < -0.3 is 14.3 Å². The van der Waals surface area contributed by atoms with E-state index < -0.39 is 26.9 Å². The van der Waals surface area contributed by atoms with Crippen molar-refractivity contribution in [3.63, 3.8) is 0 Å². The van der Waals surface area contributed by atoms with Gasteiger partial charge in [0.25, 0.3) is 0 Å². The second-order valence-corrected chi connectivity index (χ2v) is 7.43. The molecule has 136 valence electrons. The lowest BCUT2D eigenvalue weighted by Crippen LogP contribution is -2.28. The summed E-state index contributed by atoms with van der Waals surface area (Å²) in [5.41, 5.74) is 0. The summed E-state index contributed by atoms with van der Waals surface area (Å²) in [5.74, 6) is 0. The standard InChI is InChI=1S/C7H8O2S.C6H11NO6S/c1-10(8,9)7-5-3-2-4-6-7;8-6(13-7-14(9)10)12-5-1-3-11-4-2-5/h2-6H,1H3;5,14H,1-4H2,(H,7,9,10). The molecule has 0 saturated carbocycles. The van der Waals surface area contributed by atoms with Crippen LogP contribution in [-0.2, 0) is 35.0 Å². The molecule has 11 heteroatoms. The fourth-order valence-corrected chi connectivity index (χ4v) is 2.50. The van der Waals surface area contributed by atoms with Gasteiger partial charge in [-0.1, -0.05) is 18.2 Å². The average Bonchev–Trinajstić information content (AvgIpc) is 2.55. The van der Waals surface area contributed by atoms with Gasteiger partial charge in [-0.2, -0.15) is 0 Å². The lowest BCUT2D eigenvalue weighted by molar-refractivity contribution is -0.0336. The molecule has 0 atom stereocenters. The first-order valence-corrected chi connectivity index (χ1v) is 9.96. The molecule has 0 spiro atoms. The molecule has 24 heavy (non-hydrogen) atoms. The van der Waals surface area contributed by atoms with E-state index in [1.54, 1.807) is 30.3 Å². The van der Waals surface area contributed by atoms with Crippen LogP contribution < -0.4 is 4.89 Å². The number of hydrogen-bond donors (Lipinski definition) is 2. The predicted molar refractivity (Wildman–Crippen MR) is 84.4 cm³/mol. The molecule has 1 aromatic carbocycles. The van der Waals surface area contributed by atoms with Gasteiger partial charge in [-0.25, -0.2) is 21.6 Å². The van der Waals surface area contributed by atoms with Gasteiger partial charge in [0, 0.05) is 19.1 Å². The maximum absolute atomic E-state index is 10.8. The number of carbonyl (C=O) groups is 1. The summed E-state index contributed by atoms with van der Waals surface area (Å²) in [6.07, 6.45) is 1.08. The molecule has 0 aromatic heterocycles. The monoisotopic (exact) mass is 381 g/mol. The molecule has 1 saturated heterocycles. The van der Waals surface area contributed by atoms with E-state index in [9.17, 15) is 21.6 Å². The number of rotatable bonds is 4. The Morgan fingerprint density at radius 2 is 1.79 bits per heavy atom. The largest absolute Gasteiger partial charge is 0.528 e. The predicted octanol–water partition coefficient (Wildman–Crippen LogP) is 0.440. The molecule has 1 aromatic rings. The van der Waals surface area contributed by atoms with Gasteiger partial charge in [-0.3, -0.25) is 0 Å². The number of hydrogen-bond acceptors (Lipinski definition) is 8. The highest BCUT2D eigenvalue weighted by Gasteiger charge is 2.19. The summed E-state index contributed by atoms with van der Waals surface area (Å²) in [5, 5.41) is 0. The van der Waals surface area contributed by atoms with Crippen LogP contribution in [0.15, 0.2) is 35.2 Å². The topological polar surface area (TPSA) is 125 Å². The van der Waals surface area contributed by atoms with Crippen LogP contribution in [0.4, 0.5) is 4.79 Å². The lowest BCUT2D eigenvalue weighted by atomic mass is 10.2. The van der Waals surface area contributed by atoms with E-state index in [4.69, 9.17) is 9.47 Å². The molecule has 1 N–H and O–H groups in total. The maximum atomic E-state index is 10.8. The van der Waals surface area contributed by atoms with Crippen molar-refractivity contribution >= 4 is 26.9 Å². The number of benzene rings is 1. The second kappa shape index (κ2) is 10.2. The van der Waals surface area contributed by atoms with Gasteiger partial charge in [0.1, 0.15) is 6.10 Å². The van der Waals surface area contributed by atoms with Crippen molar-refractivity contribution in [1.82, 2.24) is 4.89 Å². The van der Waals surface area contributed by atoms with Crippen LogP contribution in [0, 0.1) is 0 Å². The smallest absolute Gasteiger partial charge is 0.430 e. The van der Waals surface area contributed by atoms with Crippen LogP contribution in [0.1, 0.15) is 12.8 Å². The van der Waals surface area contributed by atoms with Crippen molar-refractivity contribution in [2.45, 2.75) is 23.8 Å². The molecular formula is C13H19NO8S2. The third kappa shape index (κ3) is 8.82. The third-order valence-electron chi connectivity index (χ3n) is 2.81. The SMILES string of the molecule is CS(=O)(=O)c1ccccc1.O=C(ON[SH](=O)=O)OC1CCOCC1. The van der Waals surface area contributed by atoms with Gasteiger partial charge in [0.2, 0.25) is 10.9 Å². The maximum Gasteiger partial charge on any atom is 0.528 e. The number of ether oxygens (including phenoxy) is 2. The molecule has 0 amide bonds. The quantitative estimate of drug-likeness (QED) is 0.437. The lowest BCUT2D eigenvalue weighted by Gasteiger charge is -2.21. The van der Waals surface area contributed by atoms with E-state index >= 15 is 0 Å². The Morgan fingerprint density at radius 3 is 2.25 bits per heavy atom. The molecule has 0 unspecified atom stereocenters. The number of sulfone groups is 1. The summed E-state index contributed by atoms with van der Waals surface area (Å²) in [4.78, 5) is 16.7. The van der Waals surface area contributed by atoms with Crippen LogP contribution in [0.2, 0.25) is 0 Å². The molecular weight excluding hydrogens is 362 g/mol. The molecule has 1 heterocycles. The van der Waals surface area contributed by atoms with Crippen molar-refractivity contribution in [3.05, 3.63) is 30.3 Å². The fourth-order valence-electron chi connectivity index (χ4n) is 1.70. The summed E-state index contributed by atoms with van der Waals surface area (Å²) >= 11 is 0. The van der Waals surface area contributed by atoms with E-state index in [0.29, 0.717) is 31.0 Å². The molecule has 0 aliphatic carbocycles. The second-order valence-electron chi connectivity index (χ2n) is 4.72. The summed E-state index contributed by atoms with van der Waals surface area (Å²) in [6.45, 7) is 1.06. The van der Waals surface area contributed by atoms with Crippen LogP contribution in [0.25, 0.3) is 0 Å². The van der Waals surface area contributed by atoms with E-state index in [1.807, 2.05) is 0 Å². The van der Waals surface area contributed by atoms with Gasteiger partial charge in [-0.15, -0.1) is 0 Å². The molecule has 9 nitrogen and oxygen atoms in total. The highest BCUT2D eigenvalue weighted by atomic mass is 32.2. The number of thiol groups is 1. The summed E-state index contributed by atoms with van der Waals surface area (Å²) < 4.78 is 51.4. The minimum atomic E-state index is -3.00. The minimum absolute atomic E-state index is 0.261. The Morgan fingerprint density at radius 1 is 1.21 bits per heavy atom. The van der Waals surface area contributed by atoms with Crippen molar-refractivity contribution in [1.29, 1.82) is 0 Å². The van der Waals surface area contributed by atoms with Gasteiger partial charge in [0.15, 0.2) is 9.84 Å². The zero-order valence-electron chi connectivity index (χ0n) is 12.9. The summed E-state index contributed by atoms with van der Waals surface area (Å²) in [7, 11) is -5.96. The van der Waals surface area contributed by atoms with Crippen molar-refractivity contribution in [2.75, 3.05) is 19.5 Å². The molecule has 0 bridgehead atoms. The Hall–Kier alpha value is -1.69. The zero-order valence-corrected chi connectivity index (χ0v) is 14.6. The van der Waals surface area contributed by atoms with E-state index in [0.717, 1.165) is 0 Å². The molecule has 1 fully saturated rings. The summed E-state index contributed by atoms with van der Waals surface area (Å²) in [6, 6.07) is 8.35. The highest BCUT2D eigenvalue weighted by Crippen LogP contribution is 2.10. The zero-order chi connectivity index (χ0) is 18.0. The minimum Gasteiger partial charge on any atom is -0.430 e. The third-order valence-corrected chi connectivity index (χ3v) is 4.17. The Balaban J connectivity index is 0.000000254. The van der Waals surface area contributed by atoms with Gasteiger partial charge in [-0.05, 0) is 17.0 Å². The molecule has 0 radical (unpaired) electrons. The van der Waals surface area contributed by atoms with E-state index in [1.165, 1.54) is 11.1 Å². The molecule has 2 rings (SSSR count). The Kier molecular flexibility index (Phi) is 8.68. The highest BCUT2D eigenvalue weighted by molar-refractivity contribution is 7.90. The Labute approximate surface area is 141 Å². The van der Waals surface area contributed by atoms with Crippen LogP contribution in [0.3, 0.4) is 0 Å². The first kappa shape index (κ1) is 20.4. The Bertz CT molecular complexity index is 673. The van der Waals surface area contributed by atoms with Crippen LogP contribution >= 0.6 is 0 Å². The molecule has 1 aliphatic heterocycles. The van der Waals surface area contributed by atoms with Crippen LogP contribution in [-0.4, -0.2) is 48.6 Å². The number of nitrogens with one attached hydrogen (secondary N) is 1. The fraction of sp³-hybridized carbons (Fsp3) is 0.462. The van der Waals surface area contributed by atoms with E-state index in [-0.39, 0.29) is 6.10 Å². The number of carbonyl (C=O) groups excluding carboxylic acids is 1. The first-order chi connectivity index (χ1) is 11.3. The van der Waals surface area contributed by atoms with E-state index in [2.05, 4.69) is 4.84 Å². The first-order valence-electron chi connectivity index (χ1n) is 6.89. The normalized spacial score (nSPS) is 15.2. The van der Waals surface area contributed by atoms with Crippen molar-refractivity contribution < 1.29 is 35.9 Å².